The first-order valence-corrected chi connectivity index (χ1v) is 5.79. The highest BCUT2D eigenvalue weighted by Crippen LogP contribution is 2.30. The van der Waals surface area contributed by atoms with Gasteiger partial charge in [-0.3, -0.25) is 0 Å². The maximum absolute atomic E-state index is 9.06. The van der Waals surface area contributed by atoms with Gasteiger partial charge in [-0.2, -0.15) is 0 Å². The van der Waals surface area contributed by atoms with Crippen LogP contribution in [0.2, 0.25) is 0 Å². The summed E-state index contributed by atoms with van der Waals surface area (Å²) in [6, 6.07) is 6.19. The fourth-order valence-electron chi connectivity index (χ4n) is 2.09. The van der Waals surface area contributed by atoms with Crippen molar-refractivity contribution in [3.63, 3.8) is 0 Å². The van der Waals surface area contributed by atoms with Gasteiger partial charge in [-0.05, 0) is 40.9 Å². The zero-order chi connectivity index (χ0) is 11.0. The fraction of sp³-hybridized carbons (Fsp3) is 0.333. The minimum absolute atomic E-state index is 0.201. The molecule has 2 rings (SSSR count). The number of halogens is 1. The predicted octanol–water partition coefficient (Wildman–Crippen LogP) is 2.78. The van der Waals surface area contributed by atoms with Crippen molar-refractivity contribution in [2.24, 2.45) is 7.05 Å². The number of para-hydroxylation sites is 1. The number of aliphatic hydroxyl groups is 1. The zero-order valence-electron chi connectivity index (χ0n) is 8.92. The van der Waals surface area contributed by atoms with Crippen LogP contribution in [0.4, 0.5) is 0 Å². The van der Waals surface area contributed by atoms with Crippen LogP contribution in [0.1, 0.15) is 11.3 Å². The van der Waals surface area contributed by atoms with Gasteiger partial charge in [-0.15, -0.1) is 0 Å². The highest BCUT2D eigenvalue weighted by molar-refractivity contribution is 9.10. The van der Waals surface area contributed by atoms with Crippen molar-refractivity contribution >= 4 is 26.8 Å². The molecule has 0 fully saturated rings. The lowest BCUT2D eigenvalue weighted by Gasteiger charge is -2.00. The van der Waals surface area contributed by atoms with E-state index in [0.717, 1.165) is 10.9 Å². The van der Waals surface area contributed by atoms with Gasteiger partial charge in [0.15, 0.2) is 0 Å². The summed E-state index contributed by atoms with van der Waals surface area (Å²) in [6.07, 6.45) is 0.722. The van der Waals surface area contributed by atoms with Crippen LogP contribution in [-0.4, -0.2) is 16.3 Å². The van der Waals surface area contributed by atoms with E-state index < -0.39 is 0 Å². The summed E-state index contributed by atoms with van der Waals surface area (Å²) in [7, 11) is 2.06. The summed E-state index contributed by atoms with van der Waals surface area (Å²) in [4.78, 5) is 0. The molecule has 0 spiro atoms. The molecule has 1 heterocycles. The Bertz CT molecular complexity index is 502. The molecule has 1 aromatic heterocycles. The van der Waals surface area contributed by atoms with E-state index in [2.05, 4.69) is 40.5 Å². The van der Waals surface area contributed by atoms with Crippen molar-refractivity contribution < 1.29 is 5.11 Å². The molecule has 1 N–H and O–H groups in total. The van der Waals surface area contributed by atoms with Gasteiger partial charge in [-0.25, -0.2) is 0 Å². The first kappa shape index (κ1) is 10.7. The van der Waals surface area contributed by atoms with Crippen LogP contribution in [0.3, 0.4) is 0 Å². The van der Waals surface area contributed by atoms with Crippen molar-refractivity contribution in [1.29, 1.82) is 0 Å². The van der Waals surface area contributed by atoms with Crippen molar-refractivity contribution in [3.8, 4) is 0 Å². The van der Waals surface area contributed by atoms with E-state index in [9.17, 15) is 0 Å². The number of fused-ring (bicyclic) bond motifs is 1. The van der Waals surface area contributed by atoms with Gasteiger partial charge in [0, 0.05) is 29.2 Å². The Balaban J connectivity index is 2.81. The van der Waals surface area contributed by atoms with E-state index in [1.165, 1.54) is 22.2 Å². The van der Waals surface area contributed by atoms with Crippen LogP contribution in [0.15, 0.2) is 22.7 Å². The molecule has 1 aromatic carbocycles. The van der Waals surface area contributed by atoms with Crippen LogP contribution in [0.25, 0.3) is 10.9 Å². The quantitative estimate of drug-likeness (QED) is 0.890. The number of aliphatic hydroxyl groups excluding tert-OH is 1. The first-order chi connectivity index (χ1) is 7.16. The third-order valence-electron chi connectivity index (χ3n) is 2.95. The van der Waals surface area contributed by atoms with E-state index in [1.54, 1.807) is 0 Å². The van der Waals surface area contributed by atoms with Crippen LogP contribution in [-0.2, 0) is 13.5 Å². The summed E-state index contributed by atoms with van der Waals surface area (Å²) in [6.45, 7) is 2.30. The number of hydrogen-bond donors (Lipinski definition) is 1. The van der Waals surface area contributed by atoms with Gasteiger partial charge in [0.2, 0.25) is 0 Å². The standard InChI is InChI=1S/C12H14BrNO/c1-8-9(6-7-15)10-4-3-5-11(13)12(10)14(8)2/h3-5,15H,6-7H2,1-2H3. The number of aromatic nitrogens is 1. The van der Waals surface area contributed by atoms with Crippen molar-refractivity contribution in [2.45, 2.75) is 13.3 Å². The maximum Gasteiger partial charge on any atom is 0.0627 e. The molecule has 0 bridgehead atoms. The average Bonchev–Trinajstić information content (AvgIpc) is 2.45. The molecule has 0 amide bonds. The molecule has 80 valence electrons. The van der Waals surface area contributed by atoms with Crippen molar-refractivity contribution in [2.75, 3.05) is 6.61 Å². The van der Waals surface area contributed by atoms with E-state index in [-0.39, 0.29) is 6.61 Å². The van der Waals surface area contributed by atoms with Gasteiger partial charge in [0.25, 0.3) is 0 Å². The molecule has 3 heteroatoms. The Kier molecular flexibility index (Phi) is 2.85. The van der Waals surface area contributed by atoms with Gasteiger partial charge in [-0.1, -0.05) is 12.1 Å². The highest BCUT2D eigenvalue weighted by atomic mass is 79.9. The number of rotatable bonds is 2. The van der Waals surface area contributed by atoms with E-state index in [0.29, 0.717) is 0 Å². The summed E-state index contributed by atoms with van der Waals surface area (Å²) in [5.74, 6) is 0. The Morgan fingerprint density at radius 2 is 2.13 bits per heavy atom. The van der Waals surface area contributed by atoms with Gasteiger partial charge < -0.3 is 9.67 Å². The second kappa shape index (κ2) is 3.99. The molecule has 2 aromatic rings. The second-order valence-corrected chi connectivity index (χ2v) is 4.59. The Morgan fingerprint density at radius 1 is 1.40 bits per heavy atom. The summed E-state index contributed by atoms with van der Waals surface area (Å²) in [5.41, 5.74) is 3.68. The molecular weight excluding hydrogens is 254 g/mol. The van der Waals surface area contributed by atoms with E-state index in [1.807, 2.05) is 12.1 Å². The number of nitrogens with zero attached hydrogens (tertiary/aromatic N) is 1. The van der Waals surface area contributed by atoms with Crippen LogP contribution < -0.4 is 0 Å². The molecule has 0 saturated heterocycles. The molecule has 2 nitrogen and oxygen atoms in total. The van der Waals surface area contributed by atoms with E-state index >= 15 is 0 Å². The molecule has 0 radical (unpaired) electrons. The molecule has 0 unspecified atom stereocenters. The average molecular weight is 268 g/mol. The second-order valence-electron chi connectivity index (χ2n) is 3.73. The largest absolute Gasteiger partial charge is 0.396 e. The molecule has 0 aliphatic rings. The van der Waals surface area contributed by atoms with Gasteiger partial charge >= 0.3 is 0 Å². The number of hydrogen-bond acceptors (Lipinski definition) is 1. The summed E-state index contributed by atoms with van der Waals surface area (Å²) in [5, 5.41) is 10.3. The summed E-state index contributed by atoms with van der Waals surface area (Å²) >= 11 is 3.56. The fourth-order valence-corrected chi connectivity index (χ4v) is 2.72. The molecule has 0 aliphatic carbocycles. The smallest absolute Gasteiger partial charge is 0.0627 e. The Morgan fingerprint density at radius 3 is 2.80 bits per heavy atom. The number of aryl methyl sites for hydroxylation is 1. The van der Waals surface area contributed by atoms with Crippen molar-refractivity contribution in [3.05, 3.63) is 33.9 Å². The minimum atomic E-state index is 0.201. The maximum atomic E-state index is 9.06. The Labute approximate surface area is 97.7 Å². The van der Waals surface area contributed by atoms with Gasteiger partial charge in [0.1, 0.15) is 0 Å². The summed E-state index contributed by atoms with van der Waals surface area (Å²) < 4.78 is 3.28. The van der Waals surface area contributed by atoms with Crippen LogP contribution >= 0.6 is 15.9 Å². The lowest BCUT2D eigenvalue weighted by Crippen LogP contribution is -1.95. The molecule has 15 heavy (non-hydrogen) atoms. The predicted molar refractivity (Wildman–Crippen MR) is 66.1 cm³/mol. The van der Waals surface area contributed by atoms with Gasteiger partial charge in [0.05, 0.1) is 5.52 Å². The Hall–Kier alpha value is -0.800. The minimum Gasteiger partial charge on any atom is -0.396 e. The lowest BCUT2D eigenvalue weighted by molar-refractivity contribution is 0.299. The third-order valence-corrected chi connectivity index (χ3v) is 3.59. The third kappa shape index (κ3) is 1.60. The number of benzene rings is 1. The van der Waals surface area contributed by atoms with Crippen LogP contribution in [0, 0.1) is 6.92 Å². The molecule has 0 aliphatic heterocycles. The van der Waals surface area contributed by atoms with E-state index in [4.69, 9.17) is 5.11 Å². The van der Waals surface area contributed by atoms with Crippen LogP contribution in [0.5, 0.6) is 0 Å². The first-order valence-electron chi connectivity index (χ1n) is 5.00. The monoisotopic (exact) mass is 267 g/mol. The molecule has 0 saturated carbocycles. The SMILES string of the molecule is Cc1c(CCO)c2cccc(Br)c2n1C. The normalized spacial score (nSPS) is 11.2. The van der Waals surface area contributed by atoms with Crippen molar-refractivity contribution in [1.82, 2.24) is 4.57 Å². The lowest BCUT2D eigenvalue weighted by atomic mass is 10.1. The molecule has 0 atom stereocenters. The topological polar surface area (TPSA) is 25.2 Å². The molecular formula is C12H14BrNO. The zero-order valence-corrected chi connectivity index (χ0v) is 10.5. The highest BCUT2D eigenvalue weighted by Gasteiger charge is 2.12.